The van der Waals surface area contributed by atoms with Crippen molar-refractivity contribution in [3.8, 4) is 0 Å². The van der Waals surface area contributed by atoms with E-state index in [1.165, 1.54) is 10.4 Å². The number of sulfonamides is 1. The Morgan fingerprint density at radius 2 is 1.79 bits per heavy atom. The zero-order chi connectivity index (χ0) is 19.5. The fourth-order valence-corrected chi connectivity index (χ4v) is 4.28. The fourth-order valence-electron chi connectivity index (χ4n) is 2.76. The number of halogens is 2. The topological polar surface area (TPSA) is 95.7 Å². The maximum atomic E-state index is 12.9. The SMILES string of the molecule is CN1CCCN(S(=O)(=O)c2cccc(NC(=O)[C@@H](N)C(C)(C)C)c2)CC1.Cl.Cl. The maximum absolute atomic E-state index is 12.9. The van der Waals surface area contributed by atoms with Crippen molar-refractivity contribution in [3.63, 3.8) is 0 Å². The van der Waals surface area contributed by atoms with Gasteiger partial charge in [0.25, 0.3) is 0 Å². The lowest BCUT2D eigenvalue weighted by Gasteiger charge is -2.26. The molecule has 1 aliphatic rings. The van der Waals surface area contributed by atoms with E-state index in [4.69, 9.17) is 5.73 Å². The van der Waals surface area contributed by atoms with Crippen molar-refractivity contribution in [2.45, 2.75) is 38.1 Å². The van der Waals surface area contributed by atoms with Gasteiger partial charge >= 0.3 is 0 Å². The molecule has 28 heavy (non-hydrogen) atoms. The van der Waals surface area contributed by atoms with Gasteiger partial charge in [0.15, 0.2) is 0 Å². The van der Waals surface area contributed by atoms with Crippen LogP contribution in [-0.4, -0.2) is 62.8 Å². The van der Waals surface area contributed by atoms with Crippen LogP contribution >= 0.6 is 24.8 Å². The number of nitrogens with two attached hydrogens (primary N) is 1. The summed E-state index contributed by atoms with van der Waals surface area (Å²) < 4.78 is 27.4. The lowest BCUT2D eigenvalue weighted by Crippen LogP contribution is -2.45. The summed E-state index contributed by atoms with van der Waals surface area (Å²) in [6, 6.07) is 5.67. The number of carbonyl (C=O) groups is 1. The molecule has 1 aromatic rings. The van der Waals surface area contributed by atoms with Gasteiger partial charge in [-0.05, 0) is 43.6 Å². The molecule has 1 aliphatic heterocycles. The summed E-state index contributed by atoms with van der Waals surface area (Å²) in [5.41, 5.74) is 6.02. The number of carbonyl (C=O) groups excluding carboxylic acids is 1. The molecule has 1 saturated heterocycles. The molecule has 1 heterocycles. The van der Waals surface area contributed by atoms with E-state index < -0.39 is 16.1 Å². The highest BCUT2D eigenvalue weighted by atomic mass is 35.5. The van der Waals surface area contributed by atoms with Crippen LogP contribution in [0.15, 0.2) is 29.2 Å². The van der Waals surface area contributed by atoms with Crippen molar-refractivity contribution in [1.29, 1.82) is 0 Å². The average Bonchev–Trinajstić information content (AvgIpc) is 2.78. The number of likely N-dealkylation sites (N-methyl/N-ethyl adjacent to an activating group) is 1. The van der Waals surface area contributed by atoms with E-state index >= 15 is 0 Å². The first-order chi connectivity index (χ1) is 12.0. The van der Waals surface area contributed by atoms with Gasteiger partial charge in [-0.15, -0.1) is 24.8 Å². The third-order valence-electron chi connectivity index (χ3n) is 4.63. The van der Waals surface area contributed by atoms with Gasteiger partial charge in [-0.3, -0.25) is 4.79 Å². The van der Waals surface area contributed by atoms with Gasteiger partial charge in [0, 0.05) is 25.3 Å². The standard InChI is InChI=1S/C18H30N4O3S.2ClH/c1-18(2,3)16(19)17(23)20-14-7-5-8-15(13-14)26(24,25)22-10-6-9-21(4)11-12-22;;/h5,7-8,13,16H,6,9-12,19H2,1-4H3,(H,20,23);2*1H/t16-;;/m1../s1. The zero-order valence-corrected chi connectivity index (χ0v) is 19.3. The second-order valence-electron chi connectivity index (χ2n) is 7.92. The highest BCUT2D eigenvalue weighted by Crippen LogP contribution is 2.23. The normalized spacial score (nSPS) is 17.6. The Labute approximate surface area is 180 Å². The molecule has 0 aromatic heterocycles. The third-order valence-corrected chi connectivity index (χ3v) is 6.53. The molecule has 2 rings (SSSR count). The number of rotatable bonds is 4. The summed E-state index contributed by atoms with van der Waals surface area (Å²) in [4.78, 5) is 14.6. The van der Waals surface area contributed by atoms with E-state index in [1.807, 2.05) is 27.8 Å². The summed E-state index contributed by atoms with van der Waals surface area (Å²) in [5.74, 6) is -0.330. The first kappa shape index (κ1) is 27.1. The van der Waals surface area contributed by atoms with E-state index in [2.05, 4.69) is 10.2 Å². The summed E-state index contributed by atoms with van der Waals surface area (Å²) >= 11 is 0. The largest absolute Gasteiger partial charge is 0.325 e. The molecule has 0 saturated carbocycles. The molecule has 10 heteroatoms. The van der Waals surface area contributed by atoms with Crippen molar-refractivity contribution < 1.29 is 13.2 Å². The van der Waals surface area contributed by atoms with Crippen LogP contribution in [0.1, 0.15) is 27.2 Å². The fraction of sp³-hybridized carbons (Fsp3) is 0.611. The predicted molar refractivity (Wildman–Crippen MR) is 118 cm³/mol. The molecule has 1 fully saturated rings. The number of nitrogens with one attached hydrogen (secondary N) is 1. The van der Waals surface area contributed by atoms with E-state index in [1.54, 1.807) is 18.2 Å². The number of benzene rings is 1. The smallest absolute Gasteiger partial charge is 0.243 e. The Kier molecular flexibility index (Phi) is 10.4. The molecule has 7 nitrogen and oxygen atoms in total. The van der Waals surface area contributed by atoms with Gasteiger partial charge in [0.2, 0.25) is 15.9 Å². The Morgan fingerprint density at radius 1 is 1.14 bits per heavy atom. The highest BCUT2D eigenvalue weighted by Gasteiger charge is 2.29. The van der Waals surface area contributed by atoms with Crippen LogP contribution in [0.25, 0.3) is 0 Å². The molecule has 0 bridgehead atoms. The minimum atomic E-state index is -3.59. The van der Waals surface area contributed by atoms with Crippen LogP contribution in [0, 0.1) is 5.41 Å². The molecule has 3 N–H and O–H groups in total. The average molecular weight is 455 g/mol. The second kappa shape index (κ2) is 10.8. The van der Waals surface area contributed by atoms with Crippen LogP contribution in [-0.2, 0) is 14.8 Å². The van der Waals surface area contributed by atoms with Gasteiger partial charge in [0.05, 0.1) is 10.9 Å². The number of nitrogens with zero attached hydrogens (tertiary/aromatic N) is 2. The van der Waals surface area contributed by atoms with Crippen LogP contribution in [0.3, 0.4) is 0 Å². The lowest BCUT2D eigenvalue weighted by molar-refractivity contribution is -0.119. The van der Waals surface area contributed by atoms with Gasteiger partial charge in [-0.1, -0.05) is 26.8 Å². The third kappa shape index (κ3) is 6.86. The van der Waals surface area contributed by atoms with E-state index in [-0.39, 0.29) is 41.0 Å². The lowest BCUT2D eigenvalue weighted by atomic mass is 9.87. The Morgan fingerprint density at radius 3 is 2.39 bits per heavy atom. The number of hydrogen-bond acceptors (Lipinski definition) is 5. The summed E-state index contributed by atoms with van der Waals surface area (Å²) in [6.45, 7) is 8.20. The van der Waals surface area contributed by atoms with Crippen molar-refractivity contribution in [2.24, 2.45) is 11.1 Å². The summed E-state index contributed by atoms with van der Waals surface area (Å²) in [7, 11) is -1.60. The molecule has 0 radical (unpaired) electrons. The predicted octanol–water partition coefficient (Wildman–Crippen LogP) is 2.17. The van der Waals surface area contributed by atoms with Crippen LogP contribution in [0.5, 0.6) is 0 Å². The monoisotopic (exact) mass is 454 g/mol. The molecule has 0 aliphatic carbocycles. The number of anilines is 1. The Hall–Kier alpha value is -0.900. The summed E-state index contributed by atoms with van der Waals surface area (Å²) in [5, 5.41) is 2.73. The highest BCUT2D eigenvalue weighted by molar-refractivity contribution is 7.89. The van der Waals surface area contributed by atoms with Gasteiger partial charge in [-0.2, -0.15) is 4.31 Å². The Bertz CT molecular complexity index is 753. The van der Waals surface area contributed by atoms with E-state index in [9.17, 15) is 13.2 Å². The molecular formula is C18H32Cl2N4O3S. The quantitative estimate of drug-likeness (QED) is 0.726. The van der Waals surface area contributed by atoms with Gasteiger partial charge in [0.1, 0.15) is 0 Å². The zero-order valence-electron chi connectivity index (χ0n) is 16.8. The molecular weight excluding hydrogens is 423 g/mol. The first-order valence-corrected chi connectivity index (χ1v) is 10.3. The van der Waals surface area contributed by atoms with Crippen molar-refractivity contribution in [2.75, 3.05) is 38.5 Å². The minimum absolute atomic E-state index is 0. The molecule has 1 amide bonds. The molecule has 162 valence electrons. The maximum Gasteiger partial charge on any atom is 0.243 e. The van der Waals surface area contributed by atoms with Crippen molar-refractivity contribution >= 4 is 46.4 Å². The van der Waals surface area contributed by atoms with Crippen LogP contribution in [0.2, 0.25) is 0 Å². The number of amides is 1. The minimum Gasteiger partial charge on any atom is -0.325 e. The molecule has 0 unspecified atom stereocenters. The second-order valence-corrected chi connectivity index (χ2v) is 9.86. The van der Waals surface area contributed by atoms with Crippen LogP contribution in [0.4, 0.5) is 5.69 Å². The van der Waals surface area contributed by atoms with E-state index in [0.29, 0.717) is 25.3 Å². The van der Waals surface area contributed by atoms with E-state index in [0.717, 1.165) is 13.0 Å². The molecule has 1 atom stereocenters. The van der Waals surface area contributed by atoms with Gasteiger partial charge < -0.3 is 16.0 Å². The Balaban J connectivity index is 0.00000364. The van der Waals surface area contributed by atoms with Crippen LogP contribution < -0.4 is 11.1 Å². The first-order valence-electron chi connectivity index (χ1n) is 8.87. The number of hydrogen-bond donors (Lipinski definition) is 2. The van der Waals surface area contributed by atoms with Crippen molar-refractivity contribution in [3.05, 3.63) is 24.3 Å². The molecule has 0 spiro atoms. The summed E-state index contributed by atoms with van der Waals surface area (Å²) in [6.07, 6.45) is 0.798. The molecule has 1 aromatic carbocycles. The van der Waals surface area contributed by atoms with Gasteiger partial charge in [-0.25, -0.2) is 8.42 Å². The van der Waals surface area contributed by atoms with Crippen molar-refractivity contribution in [1.82, 2.24) is 9.21 Å².